The van der Waals surface area contributed by atoms with Crippen LogP contribution in [-0.4, -0.2) is 50.3 Å². The van der Waals surface area contributed by atoms with Crippen LogP contribution in [0.25, 0.3) is 0 Å². The molecule has 0 spiro atoms. The van der Waals surface area contributed by atoms with Crippen LogP contribution in [0.2, 0.25) is 0 Å². The third-order valence-corrected chi connectivity index (χ3v) is 3.33. The van der Waals surface area contributed by atoms with Crippen LogP contribution in [0.3, 0.4) is 0 Å². The quantitative estimate of drug-likeness (QED) is 0.675. The first-order valence-corrected chi connectivity index (χ1v) is 5.37. The molecule has 0 bridgehead atoms. The molecule has 2 heterocycles. The van der Waals surface area contributed by atoms with Crippen LogP contribution in [0.15, 0.2) is 0 Å². The van der Waals surface area contributed by atoms with Crippen molar-refractivity contribution in [1.29, 1.82) is 0 Å². The van der Waals surface area contributed by atoms with E-state index >= 15 is 0 Å². The summed E-state index contributed by atoms with van der Waals surface area (Å²) in [6, 6.07) is 0.821. The van der Waals surface area contributed by atoms with E-state index in [0.29, 0.717) is 6.10 Å². The fourth-order valence-electron chi connectivity index (χ4n) is 2.45. The molecule has 2 aliphatic rings. The normalized spacial score (nSPS) is 32.5. The minimum absolute atomic E-state index is 0.495. The van der Waals surface area contributed by atoms with Crippen molar-refractivity contribution in [3.05, 3.63) is 0 Å². The maximum absolute atomic E-state index is 5.37. The number of likely N-dealkylation sites (tertiary alicyclic amines) is 1. The summed E-state index contributed by atoms with van der Waals surface area (Å²) in [5, 5.41) is 3.41. The zero-order valence-electron chi connectivity index (χ0n) is 8.46. The molecule has 1 atom stereocenters. The van der Waals surface area contributed by atoms with Crippen molar-refractivity contribution < 1.29 is 4.74 Å². The molecule has 0 saturated carbocycles. The SMILES string of the molecule is CO[C@@H]1CCN(C2CCNCC2)C1. The lowest BCUT2D eigenvalue weighted by Gasteiger charge is -2.31. The molecule has 0 aromatic carbocycles. The van der Waals surface area contributed by atoms with E-state index in [1.54, 1.807) is 0 Å². The lowest BCUT2D eigenvalue weighted by atomic mass is 10.1. The van der Waals surface area contributed by atoms with E-state index in [1.807, 2.05) is 7.11 Å². The molecule has 0 radical (unpaired) electrons. The van der Waals surface area contributed by atoms with Crippen molar-refractivity contribution in [2.45, 2.75) is 31.4 Å². The average Bonchev–Trinajstić information content (AvgIpc) is 2.67. The van der Waals surface area contributed by atoms with Crippen molar-refractivity contribution in [3.63, 3.8) is 0 Å². The lowest BCUT2D eigenvalue weighted by Crippen LogP contribution is -2.42. The van der Waals surface area contributed by atoms with E-state index in [1.165, 1.54) is 38.9 Å². The lowest BCUT2D eigenvalue weighted by molar-refractivity contribution is 0.0965. The van der Waals surface area contributed by atoms with E-state index in [4.69, 9.17) is 4.74 Å². The molecule has 3 nitrogen and oxygen atoms in total. The van der Waals surface area contributed by atoms with Crippen LogP contribution in [0.1, 0.15) is 19.3 Å². The van der Waals surface area contributed by atoms with Crippen LogP contribution >= 0.6 is 0 Å². The van der Waals surface area contributed by atoms with Crippen LogP contribution < -0.4 is 5.32 Å². The molecule has 0 aromatic rings. The van der Waals surface area contributed by atoms with Gasteiger partial charge in [-0.25, -0.2) is 0 Å². The number of rotatable bonds is 2. The van der Waals surface area contributed by atoms with Crippen LogP contribution in [0, 0.1) is 0 Å². The second kappa shape index (κ2) is 4.40. The van der Waals surface area contributed by atoms with Gasteiger partial charge >= 0.3 is 0 Å². The van der Waals surface area contributed by atoms with Crippen LogP contribution in [-0.2, 0) is 4.74 Å². The molecule has 0 aromatic heterocycles. The summed E-state index contributed by atoms with van der Waals surface area (Å²) in [6.07, 6.45) is 4.35. The molecular weight excluding hydrogens is 164 g/mol. The maximum atomic E-state index is 5.37. The minimum Gasteiger partial charge on any atom is -0.380 e. The second-order valence-corrected chi connectivity index (χ2v) is 4.12. The van der Waals surface area contributed by atoms with E-state index in [0.717, 1.165) is 12.6 Å². The van der Waals surface area contributed by atoms with Crippen LogP contribution in [0.5, 0.6) is 0 Å². The highest BCUT2D eigenvalue weighted by Gasteiger charge is 2.28. The van der Waals surface area contributed by atoms with E-state index in [-0.39, 0.29) is 0 Å². The molecule has 1 N–H and O–H groups in total. The maximum Gasteiger partial charge on any atom is 0.0710 e. The summed E-state index contributed by atoms with van der Waals surface area (Å²) < 4.78 is 5.37. The summed E-state index contributed by atoms with van der Waals surface area (Å²) >= 11 is 0. The van der Waals surface area contributed by atoms with Gasteiger partial charge in [-0.3, -0.25) is 4.90 Å². The van der Waals surface area contributed by atoms with Gasteiger partial charge in [0, 0.05) is 26.2 Å². The Hall–Kier alpha value is -0.120. The molecular formula is C10H20N2O. The first kappa shape index (κ1) is 9.44. The molecule has 13 heavy (non-hydrogen) atoms. The predicted octanol–water partition coefficient (Wildman–Crippen LogP) is 0.459. The average molecular weight is 184 g/mol. The largest absolute Gasteiger partial charge is 0.380 e. The Bertz CT molecular complexity index is 157. The third kappa shape index (κ3) is 2.22. The Kier molecular flexibility index (Phi) is 3.19. The van der Waals surface area contributed by atoms with E-state index < -0.39 is 0 Å². The summed E-state index contributed by atoms with van der Waals surface area (Å²) in [5.74, 6) is 0. The van der Waals surface area contributed by atoms with Crippen molar-refractivity contribution in [3.8, 4) is 0 Å². The highest BCUT2D eigenvalue weighted by atomic mass is 16.5. The van der Waals surface area contributed by atoms with Crippen molar-refractivity contribution in [2.24, 2.45) is 0 Å². The number of hydrogen-bond donors (Lipinski definition) is 1. The van der Waals surface area contributed by atoms with Gasteiger partial charge in [0.1, 0.15) is 0 Å². The molecule has 3 heteroatoms. The molecule has 0 unspecified atom stereocenters. The molecule has 0 aliphatic carbocycles. The minimum atomic E-state index is 0.495. The van der Waals surface area contributed by atoms with Gasteiger partial charge in [-0.2, -0.15) is 0 Å². The van der Waals surface area contributed by atoms with Gasteiger partial charge in [-0.1, -0.05) is 0 Å². The topological polar surface area (TPSA) is 24.5 Å². The number of nitrogens with zero attached hydrogens (tertiary/aromatic N) is 1. The Morgan fingerprint density at radius 2 is 2.00 bits per heavy atom. The standard InChI is InChI=1S/C10H20N2O/c1-13-10-4-7-12(8-10)9-2-5-11-6-3-9/h9-11H,2-8H2,1H3/t10-/m1/s1. The van der Waals surface area contributed by atoms with Gasteiger partial charge in [0.25, 0.3) is 0 Å². The third-order valence-electron chi connectivity index (χ3n) is 3.33. The Labute approximate surface area is 80.4 Å². The number of hydrogen-bond acceptors (Lipinski definition) is 3. The summed E-state index contributed by atoms with van der Waals surface area (Å²) in [4.78, 5) is 2.61. The molecule has 2 aliphatic heterocycles. The predicted molar refractivity (Wildman–Crippen MR) is 52.9 cm³/mol. The molecule has 76 valence electrons. The number of ether oxygens (including phenoxy) is 1. The molecule has 2 rings (SSSR count). The first-order chi connectivity index (χ1) is 6.40. The van der Waals surface area contributed by atoms with Gasteiger partial charge in [-0.05, 0) is 32.4 Å². The highest BCUT2D eigenvalue weighted by molar-refractivity contribution is 4.84. The van der Waals surface area contributed by atoms with Crippen LogP contribution in [0.4, 0.5) is 0 Å². The van der Waals surface area contributed by atoms with Gasteiger partial charge in [0.15, 0.2) is 0 Å². The van der Waals surface area contributed by atoms with Gasteiger partial charge in [-0.15, -0.1) is 0 Å². The van der Waals surface area contributed by atoms with E-state index in [9.17, 15) is 0 Å². The fourth-order valence-corrected chi connectivity index (χ4v) is 2.45. The number of methoxy groups -OCH3 is 1. The smallest absolute Gasteiger partial charge is 0.0710 e. The molecule has 0 amide bonds. The molecule has 2 fully saturated rings. The first-order valence-electron chi connectivity index (χ1n) is 5.37. The second-order valence-electron chi connectivity index (χ2n) is 4.12. The fraction of sp³-hybridized carbons (Fsp3) is 1.00. The summed E-state index contributed by atoms with van der Waals surface area (Å²) in [7, 11) is 1.83. The monoisotopic (exact) mass is 184 g/mol. The Morgan fingerprint density at radius 3 is 2.62 bits per heavy atom. The highest BCUT2D eigenvalue weighted by Crippen LogP contribution is 2.19. The van der Waals surface area contributed by atoms with Crippen molar-refractivity contribution in [1.82, 2.24) is 10.2 Å². The zero-order valence-corrected chi connectivity index (χ0v) is 8.46. The summed E-state index contributed by atoms with van der Waals surface area (Å²) in [6.45, 7) is 4.78. The zero-order chi connectivity index (χ0) is 9.10. The number of piperidine rings is 1. The summed E-state index contributed by atoms with van der Waals surface area (Å²) in [5.41, 5.74) is 0. The number of nitrogens with one attached hydrogen (secondary N) is 1. The Balaban J connectivity index is 1.80. The van der Waals surface area contributed by atoms with Gasteiger partial charge in [0.2, 0.25) is 0 Å². The van der Waals surface area contributed by atoms with Crippen molar-refractivity contribution >= 4 is 0 Å². The molecule has 2 saturated heterocycles. The van der Waals surface area contributed by atoms with E-state index in [2.05, 4.69) is 10.2 Å². The van der Waals surface area contributed by atoms with Crippen molar-refractivity contribution in [2.75, 3.05) is 33.3 Å². The van der Waals surface area contributed by atoms with Gasteiger partial charge < -0.3 is 10.1 Å². The van der Waals surface area contributed by atoms with Gasteiger partial charge in [0.05, 0.1) is 6.10 Å². The Morgan fingerprint density at radius 1 is 1.23 bits per heavy atom.